The van der Waals surface area contributed by atoms with E-state index >= 15 is 0 Å². The number of aliphatic hydroxyl groups is 1. The van der Waals surface area contributed by atoms with Gasteiger partial charge in [0.15, 0.2) is 11.6 Å². The van der Waals surface area contributed by atoms with Crippen molar-refractivity contribution in [3.05, 3.63) is 71.5 Å². The fourth-order valence-electron chi connectivity index (χ4n) is 7.97. The van der Waals surface area contributed by atoms with Gasteiger partial charge >= 0.3 is 0 Å². The van der Waals surface area contributed by atoms with Crippen molar-refractivity contribution in [2.24, 2.45) is 28.6 Å². The summed E-state index contributed by atoms with van der Waals surface area (Å²) in [5.41, 5.74) is 4.60. The number of aromatic amines is 1. The number of nitrogens with one attached hydrogen (secondary N) is 1. The number of fused-ring (bicyclic) bond motifs is 6. The van der Waals surface area contributed by atoms with Crippen LogP contribution in [-0.4, -0.2) is 28.3 Å². The van der Waals surface area contributed by atoms with E-state index in [1.54, 1.807) is 6.08 Å². The van der Waals surface area contributed by atoms with Crippen molar-refractivity contribution in [3.63, 3.8) is 0 Å². The van der Waals surface area contributed by atoms with Gasteiger partial charge < -0.3 is 10.1 Å². The van der Waals surface area contributed by atoms with Crippen molar-refractivity contribution in [3.8, 4) is 0 Å². The maximum Gasteiger partial charge on any atom is 0.178 e. The van der Waals surface area contributed by atoms with Crippen molar-refractivity contribution in [1.29, 1.82) is 0 Å². The second-order valence-corrected chi connectivity index (χ2v) is 11.0. The quantitative estimate of drug-likeness (QED) is 0.638. The fraction of sp³-hybridized carbons (Fsp3) is 0.448. The Labute approximate surface area is 194 Å². The van der Waals surface area contributed by atoms with Gasteiger partial charge in [0.1, 0.15) is 6.61 Å². The maximum atomic E-state index is 13.3. The second kappa shape index (κ2) is 7.14. The van der Waals surface area contributed by atoms with Crippen LogP contribution in [0.5, 0.6) is 0 Å². The van der Waals surface area contributed by atoms with E-state index in [1.807, 2.05) is 12.1 Å². The van der Waals surface area contributed by atoms with Crippen LogP contribution in [0.4, 0.5) is 0 Å². The molecule has 2 fully saturated rings. The Morgan fingerprint density at radius 2 is 2.03 bits per heavy atom. The summed E-state index contributed by atoms with van der Waals surface area (Å²) in [5, 5.41) is 11.1. The van der Waals surface area contributed by atoms with Crippen molar-refractivity contribution in [2.45, 2.75) is 45.4 Å². The van der Waals surface area contributed by atoms with Crippen LogP contribution in [0.25, 0.3) is 10.9 Å². The Hall–Kier alpha value is -2.72. The van der Waals surface area contributed by atoms with Gasteiger partial charge in [0, 0.05) is 28.4 Å². The molecule has 2 saturated carbocycles. The molecule has 4 heteroatoms. The molecule has 0 amide bonds. The van der Waals surface area contributed by atoms with Gasteiger partial charge in [-0.1, -0.05) is 48.4 Å². The van der Waals surface area contributed by atoms with Gasteiger partial charge in [-0.05, 0) is 79.6 Å². The van der Waals surface area contributed by atoms with E-state index in [2.05, 4.69) is 55.4 Å². The molecule has 1 heterocycles. The molecule has 4 aliphatic carbocycles. The molecule has 0 radical (unpaired) electrons. The lowest BCUT2D eigenvalue weighted by Crippen LogP contribution is -2.45. The highest BCUT2D eigenvalue weighted by Crippen LogP contribution is 2.67. The summed E-state index contributed by atoms with van der Waals surface area (Å²) in [6, 6.07) is 8.30. The number of aromatic nitrogens is 1. The minimum absolute atomic E-state index is 0.0297. The molecule has 33 heavy (non-hydrogen) atoms. The Kier molecular flexibility index (Phi) is 4.51. The number of para-hydroxylation sites is 1. The maximum absolute atomic E-state index is 13.3. The molecule has 0 bridgehead atoms. The average Bonchev–Trinajstić information content (AvgIpc) is 3.37. The second-order valence-electron chi connectivity index (χ2n) is 11.0. The highest BCUT2D eigenvalue weighted by molar-refractivity contribution is 6.01. The first-order valence-corrected chi connectivity index (χ1v) is 12.2. The first-order chi connectivity index (χ1) is 15.9. The number of carbonyl (C=O) groups is 2. The third kappa shape index (κ3) is 2.80. The first-order valence-electron chi connectivity index (χ1n) is 12.2. The predicted octanol–water partition coefficient (Wildman–Crippen LogP) is 5.27. The van der Waals surface area contributed by atoms with Crippen LogP contribution in [-0.2, 0) is 9.59 Å². The van der Waals surface area contributed by atoms with Crippen LogP contribution >= 0.6 is 0 Å². The van der Waals surface area contributed by atoms with E-state index in [0.717, 1.165) is 31.2 Å². The minimum Gasteiger partial charge on any atom is -0.389 e. The number of Topliss-reactive ketones (excluding diaryl/α,β-unsaturated/α-hetero) is 1. The van der Waals surface area contributed by atoms with E-state index in [1.165, 1.54) is 22.1 Å². The largest absolute Gasteiger partial charge is 0.389 e. The summed E-state index contributed by atoms with van der Waals surface area (Å²) in [7, 11) is 0. The molecule has 170 valence electrons. The molecule has 2 aromatic rings. The van der Waals surface area contributed by atoms with E-state index < -0.39 is 6.61 Å². The van der Waals surface area contributed by atoms with Gasteiger partial charge in [0.2, 0.25) is 0 Å². The molecule has 4 aliphatic rings. The van der Waals surface area contributed by atoms with E-state index in [4.69, 9.17) is 0 Å². The van der Waals surface area contributed by atoms with Gasteiger partial charge in [0.25, 0.3) is 0 Å². The molecular weight excluding hydrogens is 410 g/mol. The molecule has 6 atom stereocenters. The number of aliphatic hydroxyl groups excluding tert-OH is 1. The molecular formula is C29H31NO3. The summed E-state index contributed by atoms with van der Waals surface area (Å²) >= 11 is 0. The first kappa shape index (κ1) is 20.9. The zero-order chi connectivity index (χ0) is 23.0. The Morgan fingerprint density at radius 1 is 1.21 bits per heavy atom. The molecule has 6 rings (SSSR count). The number of allylic oxidation sites excluding steroid dienone is 6. The predicted molar refractivity (Wildman–Crippen MR) is 129 cm³/mol. The van der Waals surface area contributed by atoms with Crippen LogP contribution in [0.15, 0.2) is 65.9 Å². The van der Waals surface area contributed by atoms with E-state index in [0.29, 0.717) is 11.8 Å². The zero-order valence-corrected chi connectivity index (χ0v) is 19.3. The van der Waals surface area contributed by atoms with Crippen LogP contribution in [0.2, 0.25) is 0 Å². The molecule has 1 aromatic heterocycles. The van der Waals surface area contributed by atoms with Gasteiger partial charge in [0.05, 0.1) is 0 Å². The van der Waals surface area contributed by atoms with Crippen molar-refractivity contribution < 1.29 is 14.7 Å². The highest BCUT2D eigenvalue weighted by Gasteiger charge is 2.60. The Morgan fingerprint density at radius 3 is 2.85 bits per heavy atom. The Bertz CT molecular complexity index is 1260. The van der Waals surface area contributed by atoms with Crippen LogP contribution in [0.1, 0.15) is 51.0 Å². The topological polar surface area (TPSA) is 70.2 Å². The van der Waals surface area contributed by atoms with Gasteiger partial charge in [-0.3, -0.25) is 9.59 Å². The number of ketones is 2. The number of hydrogen-bond donors (Lipinski definition) is 2. The average molecular weight is 442 g/mol. The van der Waals surface area contributed by atoms with Crippen LogP contribution < -0.4 is 0 Å². The van der Waals surface area contributed by atoms with Crippen molar-refractivity contribution >= 4 is 22.5 Å². The molecule has 1 aromatic carbocycles. The lowest BCUT2D eigenvalue weighted by atomic mass is 9.52. The monoisotopic (exact) mass is 441 g/mol. The molecule has 0 aliphatic heterocycles. The van der Waals surface area contributed by atoms with Gasteiger partial charge in [-0.15, -0.1) is 0 Å². The SMILES string of the molecule is C[C@]12C=CC(=O)C=C1CCC1C2=CC[C@@]2(C)C1C[C@@H](c1c[nH]c3ccccc13)[C@@H]2C(=O)CO. The highest BCUT2D eigenvalue weighted by atomic mass is 16.3. The van der Waals surface area contributed by atoms with E-state index in [9.17, 15) is 14.7 Å². The Balaban J connectivity index is 1.45. The van der Waals surface area contributed by atoms with Gasteiger partial charge in [-0.25, -0.2) is 0 Å². The molecule has 0 saturated heterocycles. The third-order valence-electron chi connectivity index (χ3n) is 9.53. The molecule has 2 unspecified atom stereocenters. The molecule has 4 nitrogen and oxygen atoms in total. The van der Waals surface area contributed by atoms with Gasteiger partial charge in [-0.2, -0.15) is 0 Å². The summed E-state index contributed by atoms with van der Waals surface area (Å²) < 4.78 is 0. The molecule has 0 spiro atoms. The zero-order valence-electron chi connectivity index (χ0n) is 19.3. The fourth-order valence-corrected chi connectivity index (χ4v) is 7.97. The summed E-state index contributed by atoms with van der Waals surface area (Å²) in [6.45, 7) is 4.14. The number of hydrogen-bond acceptors (Lipinski definition) is 3. The standard InChI is InChI=1S/C29H31NO3/c1-28-11-9-18(32)13-17(28)7-8-20-23(28)10-12-29(2)24(20)14-21(27(29)26(33)16-31)22-15-30-25-6-4-3-5-19(22)25/h3-6,9-11,13,15,20-21,24,27,30-31H,7-8,12,14,16H2,1-2H3/t20?,21-,24?,27+,28-,29-/m0/s1. The third-order valence-corrected chi connectivity index (χ3v) is 9.53. The smallest absolute Gasteiger partial charge is 0.178 e. The lowest BCUT2D eigenvalue weighted by molar-refractivity contribution is -0.130. The normalized spacial score (nSPS) is 37.2. The van der Waals surface area contributed by atoms with Crippen LogP contribution in [0.3, 0.4) is 0 Å². The minimum atomic E-state index is -0.400. The number of benzene rings is 1. The summed E-state index contributed by atoms with van der Waals surface area (Å²) in [5.74, 6) is 0.734. The number of carbonyl (C=O) groups excluding carboxylic acids is 2. The number of H-pyrrole nitrogens is 1. The summed E-state index contributed by atoms with van der Waals surface area (Å²) in [4.78, 5) is 28.7. The lowest BCUT2D eigenvalue weighted by Gasteiger charge is -2.52. The number of rotatable bonds is 3. The molecule has 2 N–H and O–H groups in total. The summed E-state index contributed by atoms with van der Waals surface area (Å²) in [6.07, 6.45) is 13.9. The van der Waals surface area contributed by atoms with Crippen LogP contribution in [0, 0.1) is 28.6 Å². The van der Waals surface area contributed by atoms with Crippen molar-refractivity contribution in [1.82, 2.24) is 4.98 Å². The van der Waals surface area contributed by atoms with E-state index in [-0.39, 0.29) is 34.2 Å². The van der Waals surface area contributed by atoms with Crippen molar-refractivity contribution in [2.75, 3.05) is 6.61 Å².